The van der Waals surface area contributed by atoms with Crippen LogP contribution in [0.2, 0.25) is 0 Å². The minimum Gasteiger partial charge on any atom is -0.462 e. The van der Waals surface area contributed by atoms with E-state index in [-0.39, 0.29) is 12.2 Å². The number of nitriles is 1. The molecule has 5 nitrogen and oxygen atoms in total. The summed E-state index contributed by atoms with van der Waals surface area (Å²) in [6, 6.07) is 11.9. The van der Waals surface area contributed by atoms with E-state index in [2.05, 4.69) is 5.32 Å². The van der Waals surface area contributed by atoms with Gasteiger partial charge in [-0.1, -0.05) is 30.3 Å². The van der Waals surface area contributed by atoms with Gasteiger partial charge in [0.05, 0.1) is 6.61 Å². The molecular formula is C17H19N3O2. The van der Waals surface area contributed by atoms with E-state index >= 15 is 0 Å². The number of nitrogens with one attached hydrogen (secondary N) is 1. The number of nitrogens with zero attached hydrogens (tertiary/aromatic N) is 2. The summed E-state index contributed by atoms with van der Waals surface area (Å²) in [5, 5.41) is 12.5. The number of hydrogen-bond donors (Lipinski definition) is 1. The van der Waals surface area contributed by atoms with Crippen molar-refractivity contribution in [2.24, 2.45) is 0 Å². The molecule has 0 atom stereocenters. The summed E-state index contributed by atoms with van der Waals surface area (Å²) in [4.78, 5) is 13.9. The topological polar surface area (TPSA) is 65.4 Å². The number of carbonyl (C=O) groups excluding carboxylic acids is 1. The highest BCUT2D eigenvalue weighted by Crippen LogP contribution is 2.27. The molecule has 1 aliphatic rings. The van der Waals surface area contributed by atoms with Gasteiger partial charge in [-0.25, -0.2) is 4.79 Å². The highest BCUT2D eigenvalue weighted by atomic mass is 16.5. The summed E-state index contributed by atoms with van der Waals surface area (Å²) in [5.74, 6) is -0.118. The molecule has 1 N–H and O–H groups in total. The van der Waals surface area contributed by atoms with E-state index in [0.29, 0.717) is 12.4 Å². The highest BCUT2D eigenvalue weighted by molar-refractivity contribution is 5.93. The molecule has 2 rings (SSSR count). The first-order valence-corrected chi connectivity index (χ1v) is 7.16. The normalized spacial score (nSPS) is 16.2. The van der Waals surface area contributed by atoms with Gasteiger partial charge < -0.3 is 15.0 Å². The van der Waals surface area contributed by atoms with E-state index in [1.807, 2.05) is 55.1 Å². The van der Waals surface area contributed by atoms with E-state index in [9.17, 15) is 10.1 Å². The van der Waals surface area contributed by atoms with Gasteiger partial charge in [0.25, 0.3) is 0 Å². The number of esters is 1. The zero-order valence-corrected chi connectivity index (χ0v) is 13.0. The van der Waals surface area contributed by atoms with Gasteiger partial charge >= 0.3 is 5.97 Å². The molecule has 114 valence electrons. The van der Waals surface area contributed by atoms with Crippen molar-refractivity contribution in [3.8, 4) is 6.07 Å². The maximum atomic E-state index is 12.0. The van der Waals surface area contributed by atoms with Crippen LogP contribution in [0, 0.1) is 11.3 Å². The third kappa shape index (κ3) is 3.12. The van der Waals surface area contributed by atoms with Gasteiger partial charge in [-0.05, 0) is 26.3 Å². The lowest BCUT2D eigenvalue weighted by Crippen LogP contribution is -2.25. The van der Waals surface area contributed by atoms with Gasteiger partial charge in [-0.15, -0.1) is 0 Å². The second-order valence-electron chi connectivity index (χ2n) is 4.96. The molecule has 0 saturated carbocycles. The van der Waals surface area contributed by atoms with Crippen LogP contribution in [0.25, 0.3) is 0 Å². The zero-order chi connectivity index (χ0) is 16.1. The lowest BCUT2D eigenvalue weighted by molar-refractivity contribution is -0.138. The summed E-state index contributed by atoms with van der Waals surface area (Å²) in [7, 11) is 0. The Morgan fingerprint density at radius 2 is 2.00 bits per heavy atom. The average molecular weight is 297 g/mol. The van der Waals surface area contributed by atoms with E-state index in [1.54, 1.807) is 6.92 Å². The lowest BCUT2D eigenvalue weighted by Gasteiger charge is -2.22. The quantitative estimate of drug-likeness (QED) is 0.526. The summed E-state index contributed by atoms with van der Waals surface area (Å²) >= 11 is 0. The number of rotatable bonds is 4. The molecule has 1 aromatic rings. The van der Waals surface area contributed by atoms with Crippen LogP contribution in [-0.2, 0) is 16.1 Å². The fraction of sp³-hybridized carbons (Fsp3) is 0.294. The molecule has 0 fully saturated rings. The molecule has 1 aliphatic heterocycles. The third-order valence-electron chi connectivity index (χ3n) is 3.54. The first-order chi connectivity index (χ1) is 10.6. The average Bonchev–Trinajstić information content (AvgIpc) is 2.78. The van der Waals surface area contributed by atoms with Crippen molar-refractivity contribution in [2.45, 2.75) is 27.3 Å². The van der Waals surface area contributed by atoms with Crippen molar-refractivity contribution < 1.29 is 9.53 Å². The van der Waals surface area contributed by atoms with Crippen LogP contribution in [0.1, 0.15) is 26.3 Å². The van der Waals surface area contributed by atoms with E-state index in [1.165, 1.54) is 0 Å². The van der Waals surface area contributed by atoms with Crippen LogP contribution in [0.15, 0.2) is 53.1 Å². The number of ether oxygens (including phenoxy) is 1. The Balaban J connectivity index is 2.38. The predicted molar refractivity (Wildman–Crippen MR) is 82.8 cm³/mol. The molecule has 1 aromatic carbocycles. The molecule has 0 aromatic heterocycles. The Kier molecular flexibility index (Phi) is 4.84. The van der Waals surface area contributed by atoms with Gasteiger partial charge in [0, 0.05) is 17.9 Å². The van der Waals surface area contributed by atoms with Crippen LogP contribution in [0.5, 0.6) is 0 Å². The first kappa shape index (κ1) is 15.6. The first-order valence-electron chi connectivity index (χ1n) is 7.16. The third-order valence-corrected chi connectivity index (χ3v) is 3.54. The lowest BCUT2D eigenvalue weighted by atomic mass is 10.2. The number of benzene rings is 1. The van der Waals surface area contributed by atoms with Crippen LogP contribution >= 0.6 is 0 Å². The summed E-state index contributed by atoms with van der Waals surface area (Å²) < 4.78 is 4.97. The maximum Gasteiger partial charge on any atom is 0.352 e. The van der Waals surface area contributed by atoms with Crippen molar-refractivity contribution in [2.75, 3.05) is 6.61 Å². The fourth-order valence-electron chi connectivity index (χ4n) is 2.27. The van der Waals surface area contributed by atoms with Gasteiger partial charge in [0.15, 0.2) is 5.57 Å². The smallest absolute Gasteiger partial charge is 0.352 e. The Bertz CT molecular complexity index is 669. The molecule has 0 saturated heterocycles. The predicted octanol–water partition coefficient (Wildman–Crippen LogP) is 2.64. The van der Waals surface area contributed by atoms with Crippen molar-refractivity contribution in [1.82, 2.24) is 10.2 Å². The number of allylic oxidation sites excluding steroid dienone is 2. The van der Waals surface area contributed by atoms with Crippen molar-refractivity contribution >= 4 is 5.97 Å². The molecule has 0 aliphatic carbocycles. The Morgan fingerprint density at radius 1 is 1.32 bits per heavy atom. The number of carbonyl (C=O) groups is 1. The maximum absolute atomic E-state index is 12.0. The van der Waals surface area contributed by atoms with Crippen molar-refractivity contribution in [3.63, 3.8) is 0 Å². The molecule has 5 heteroatoms. The molecule has 0 unspecified atom stereocenters. The highest BCUT2D eigenvalue weighted by Gasteiger charge is 2.28. The largest absolute Gasteiger partial charge is 0.462 e. The Morgan fingerprint density at radius 3 is 2.59 bits per heavy atom. The zero-order valence-electron chi connectivity index (χ0n) is 13.0. The van der Waals surface area contributed by atoms with E-state index in [0.717, 1.165) is 17.0 Å². The van der Waals surface area contributed by atoms with Gasteiger partial charge in [0.2, 0.25) is 0 Å². The van der Waals surface area contributed by atoms with E-state index in [4.69, 9.17) is 4.74 Å². The molecule has 0 radical (unpaired) electrons. The monoisotopic (exact) mass is 297 g/mol. The summed E-state index contributed by atoms with van der Waals surface area (Å²) in [5.41, 5.74) is 2.99. The molecule has 1 heterocycles. The van der Waals surface area contributed by atoms with Crippen LogP contribution in [-0.4, -0.2) is 17.5 Å². The molecular weight excluding hydrogens is 278 g/mol. The van der Waals surface area contributed by atoms with Gasteiger partial charge in [-0.2, -0.15) is 5.26 Å². The number of hydrogen-bond acceptors (Lipinski definition) is 5. The second kappa shape index (κ2) is 6.81. The van der Waals surface area contributed by atoms with Crippen molar-refractivity contribution in [1.29, 1.82) is 5.26 Å². The molecule has 22 heavy (non-hydrogen) atoms. The van der Waals surface area contributed by atoms with Crippen LogP contribution in [0.3, 0.4) is 0 Å². The SMILES string of the molecule is CCOC(=O)/C(C#N)=C1\NC(C)=C(C)N1Cc1ccccc1. The Labute approximate surface area is 130 Å². The minimum absolute atomic E-state index is 0.00557. The second-order valence-corrected chi connectivity index (χ2v) is 4.96. The fourth-order valence-corrected chi connectivity index (χ4v) is 2.27. The van der Waals surface area contributed by atoms with Gasteiger partial charge in [0.1, 0.15) is 11.9 Å². The molecule has 0 spiro atoms. The molecule has 0 amide bonds. The van der Waals surface area contributed by atoms with Crippen LogP contribution < -0.4 is 5.32 Å². The summed E-state index contributed by atoms with van der Waals surface area (Å²) in [6.07, 6.45) is 0. The standard InChI is InChI=1S/C17H19N3O2/c1-4-22-17(21)15(10-18)16-19-12(2)13(3)20(16)11-14-8-6-5-7-9-14/h5-9,19H,4,11H2,1-3H3/b16-15+. The van der Waals surface area contributed by atoms with Gasteiger partial charge in [-0.3, -0.25) is 0 Å². The molecule has 0 bridgehead atoms. The summed E-state index contributed by atoms with van der Waals surface area (Å²) in [6.45, 7) is 6.41. The minimum atomic E-state index is -0.604. The van der Waals surface area contributed by atoms with E-state index < -0.39 is 5.97 Å². The van der Waals surface area contributed by atoms with Crippen LogP contribution in [0.4, 0.5) is 0 Å². The van der Waals surface area contributed by atoms with Crippen molar-refractivity contribution in [3.05, 3.63) is 58.7 Å². The Hall–Kier alpha value is -2.74.